The first-order valence-electron chi connectivity index (χ1n) is 12.6. The minimum absolute atomic E-state index is 0.114. The predicted octanol–water partition coefficient (Wildman–Crippen LogP) is 7.90. The molecule has 39 heavy (non-hydrogen) atoms. The molecule has 5 nitrogen and oxygen atoms in total. The maximum atomic E-state index is 14.3. The second-order valence-electron chi connectivity index (χ2n) is 9.50. The number of nitrogens with zero attached hydrogens (tertiary/aromatic N) is 1. The van der Waals surface area contributed by atoms with Gasteiger partial charge >= 0.3 is 0 Å². The lowest BCUT2D eigenvalue weighted by Gasteiger charge is -2.25. The molecule has 1 unspecified atom stereocenters. The van der Waals surface area contributed by atoms with Crippen molar-refractivity contribution < 1.29 is 17.6 Å². The van der Waals surface area contributed by atoms with E-state index in [4.69, 9.17) is 9.15 Å². The van der Waals surface area contributed by atoms with Crippen LogP contribution in [0.5, 0.6) is 0 Å². The van der Waals surface area contributed by atoms with Crippen LogP contribution in [0.3, 0.4) is 0 Å². The quantitative estimate of drug-likeness (QED) is 0.211. The summed E-state index contributed by atoms with van der Waals surface area (Å²) in [4.78, 5) is 0.222. The molecule has 2 heterocycles. The van der Waals surface area contributed by atoms with Crippen LogP contribution in [-0.4, -0.2) is 21.6 Å². The highest BCUT2D eigenvalue weighted by Gasteiger charge is 2.35. The van der Waals surface area contributed by atoms with Crippen LogP contribution in [0.15, 0.2) is 123 Å². The Labute approximate surface area is 236 Å². The second kappa shape index (κ2) is 10.5. The lowest BCUT2D eigenvalue weighted by molar-refractivity contribution is 0.0931. The molecule has 4 aromatic carbocycles. The highest BCUT2D eigenvalue weighted by Crippen LogP contribution is 2.44. The lowest BCUT2D eigenvalue weighted by Crippen LogP contribution is -2.32. The molecule has 0 bridgehead atoms. The molecular formula is C32H26BrNO4S. The third-order valence-electron chi connectivity index (χ3n) is 6.92. The highest BCUT2D eigenvalue weighted by molar-refractivity contribution is 9.10. The molecule has 0 saturated carbocycles. The van der Waals surface area contributed by atoms with Crippen molar-refractivity contribution >= 4 is 48.2 Å². The van der Waals surface area contributed by atoms with Crippen LogP contribution in [0.25, 0.3) is 16.5 Å². The first-order valence-corrected chi connectivity index (χ1v) is 14.9. The first-order chi connectivity index (χ1) is 18.9. The van der Waals surface area contributed by atoms with Gasteiger partial charge in [-0.15, -0.1) is 0 Å². The number of benzene rings is 4. The number of rotatable bonds is 4. The predicted molar refractivity (Wildman–Crippen MR) is 158 cm³/mol. The molecule has 1 aliphatic rings. The summed E-state index contributed by atoms with van der Waals surface area (Å²) >= 11 is 3.50. The summed E-state index contributed by atoms with van der Waals surface area (Å²) in [5, 5.41) is 0.716. The number of halogens is 1. The zero-order chi connectivity index (χ0) is 27.0. The van der Waals surface area contributed by atoms with E-state index >= 15 is 0 Å². The molecule has 6 rings (SSSR count). The Morgan fingerprint density at radius 1 is 0.846 bits per heavy atom. The maximum Gasteiger partial charge on any atom is 0.264 e. The van der Waals surface area contributed by atoms with Gasteiger partial charge in [-0.05, 0) is 60.0 Å². The van der Waals surface area contributed by atoms with Gasteiger partial charge in [0.15, 0.2) is 5.76 Å². The van der Waals surface area contributed by atoms with Crippen molar-refractivity contribution in [3.8, 4) is 0 Å². The average molecular weight is 601 g/mol. The molecule has 0 N–H and O–H groups in total. The number of hydrogen-bond donors (Lipinski definition) is 0. The molecule has 0 aliphatic carbocycles. The third-order valence-corrected chi connectivity index (χ3v) is 9.23. The van der Waals surface area contributed by atoms with Crippen LogP contribution in [0, 0.1) is 6.92 Å². The average Bonchev–Trinajstić information content (AvgIpc) is 3.35. The Kier molecular flexibility index (Phi) is 6.89. The molecule has 0 radical (unpaired) electrons. The summed E-state index contributed by atoms with van der Waals surface area (Å²) in [5.74, 6) is 0.462. The Bertz CT molecular complexity index is 1760. The summed E-state index contributed by atoms with van der Waals surface area (Å²) in [6, 6.07) is 32.2. The van der Waals surface area contributed by atoms with Crippen molar-refractivity contribution in [2.45, 2.75) is 17.9 Å². The van der Waals surface area contributed by atoms with Gasteiger partial charge in [-0.1, -0.05) is 94.3 Å². The van der Waals surface area contributed by atoms with Crippen molar-refractivity contribution in [3.05, 3.63) is 136 Å². The fraction of sp³-hybridized carbons (Fsp3) is 0.125. The smallest absolute Gasteiger partial charge is 0.264 e. The maximum absolute atomic E-state index is 14.3. The Balaban J connectivity index is 1.60. The Morgan fingerprint density at radius 3 is 2.28 bits per heavy atom. The molecule has 1 aliphatic heterocycles. The topological polar surface area (TPSA) is 59.8 Å². The van der Waals surface area contributed by atoms with E-state index in [-0.39, 0.29) is 18.0 Å². The SMILES string of the molecule is Cc1ccc(S(=O)(=O)N2C/C=C(/c3ccc(Br)cc3)COC(c3ccccc3)c3oc4ccccc4c32)cc1. The fourth-order valence-electron chi connectivity index (χ4n) is 4.87. The molecule has 0 spiro atoms. The van der Waals surface area contributed by atoms with E-state index in [1.165, 1.54) is 4.31 Å². The summed E-state index contributed by atoms with van der Waals surface area (Å²) in [7, 11) is -3.96. The summed E-state index contributed by atoms with van der Waals surface area (Å²) < 4.78 is 44.1. The number of fused-ring (bicyclic) bond motifs is 3. The summed E-state index contributed by atoms with van der Waals surface area (Å²) in [6.45, 7) is 2.33. The molecule has 0 saturated heterocycles. The summed E-state index contributed by atoms with van der Waals surface area (Å²) in [5.41, 5.74) is 4.82. The Hall–Kier alpha value is -3.65. The van der Waals surface area contributed by atoms with E-state index in [1.54, 1.807) is 12.1 Å². The molecule has 0 amide bonds. The van der Waals surface area contributed by atoms with Gasteiger partial charge in [0.25, 0.3) is 10.0 Å². The van der Waals surface area contributed by atoms with E-state index in [2.05, 4.69) is 15.9 Å². The standard InChI is InChI=1S/C32H26BrNO4S/c1-22-11-17-27(18-12-22)39(35,36)34-20-19-25(23-13-15-26(33)16-14-23)21-37-31(24-7-3-2-4-8-24)32-30(34)28-9-5-6-10-29(28)38-32/h2-19,31H,20-21H2,1H3/b25-19+. The van der Waals surface area contributed by atoms with Gasteiger partial charge in [0.2, 0.25) is 0 Å². The third kappa shape index (κ3) is 4.93. The van der Waals surface area contributed by atoms with Crippen LogP contribution in [0.2, 0.25) is 0 Å². The molecule has 1 aromatic heterocycles. The van der Waals surface area contributed by atoms with Crippen LogP contribution < -0.4 is 4.31 Å². The van der Waals surface area contributed by atoms with Crippen LogP contribution in [0.1, 0.15) is 28.6 Å². The zero-order valence-corrected chi connectivity index (χ0v) is 23.7. The number of hydrogen-bond acceptors (Lipinski definition) is 4. The molecular weight excluding hydrogens is 574 g/mol. The number of ether oxygens (including phenoxy) is 1. The highest BCUT2D eigenvalue weighted by atomic mass is 79.9. The van der Waals surface area contributed by atoms with E-state index in [0.717, 1.165) is 26.7 Å². The number of para-hydroxylation sites is 1. The van der Waals surface area contributed by atoms with Gasteiger partial charge in [-0.2, -0.15) is 0 Å². The fourth-order valence-corrected chi connectivity index (χ4v) is 6.57. The van der Waals surface area contributed by atoms with Gasteiger partial charge < -0.3 is 9.15 Å². The molecule has 0 fully saturated rings. The number of furan rings is 1. The Morgan fingerprint density at radius 2 is 1.54 bits per heavy atom. The van der Waals surface area contributed by atoms with Gasteiger partial charge in [0.05, 0.1) is 18.0 Å². The van der Waals surface area contributed by atoms with E-state index in [9.17, 15) is 8.42 Å². The second-order valence-corrected chi connectivity index (χ2v) is 12.3. The minimum atomic E-state index is -3.96. The van der Waals surface area contributed by atoms with E-state index in [1.807, 2.05) is 104 Å². The normalized spacial score (nSPS) is 17.5. The zero-order valence-electron chi connectivity index (χ0n) is 21.3. The van der Waals surface area contributed by atoms with Crippen LogP contribution in [-0.2, 0) is 14.8 Å². The largest absolute Gasteiger partial charge is 0.456 e. The van der Waals surface area contributed by atoms with Crippen LogP contribution >= 0.6 is 15.9 Å². The van der Waals surface area contributed by atoms with Gasteiger partial charge in [0.1, 0.15) is 17.4 Å². The van der Waals surface area contributed by atoms with Crippen molar-refractivity contribution in [2.75, 3.05) is 17.5 Å². The molecule has 5 aromatic rings. The van der Waals surface area contributed by atoms with Crippen molar-refractivity contribution in [2.24, 2.45) is 0 Å². The van der Waals surface area contributed by atoms with Gasteiger partial charge in [0, 0.05) is 9.86 Å². The molecule has 1 atom stereocenters. The number of aryl methyl sites for hydroxylation is 1. The monoisotopic (exact) mass is 599 g/mol. The van der Waals surface area contributed by atoms with Gasteiger partial charge in [-0.25, -0.2) is 8.42 Å². The van der Waals surface area contributed by atoms with Crippen molar-refractivity contribution in [3.63, 3.8) is 0 Å². The van der Waals surface area contributed by atoms with E-state index in [0.29, 0.717) is 22.4 Å². The molecule has 196 valence electrons. The van der Waals surface area contributed by atoms with Crippen molar-refractivity contribution in [1.29, 1.82) is 0 Å². The number of sulfonamides is 1. The lowest BCUT2D eigenvalue weighted by atomic mass is 10.0. The first kappa shape index (κ1) is 25.6. The van der Waals surface area contributed by atoms with Gasteiger partial charge in [-0.3, -0.25) is 4.31 Å². The minimum Gasteiger partial charge on any atom is -0.456 e. The summed E-state index contributed by atoms with van der Waals surface area (Å²) in [6.07, 6.45) is 1.31. The molecule has 7 heteroatoms. The van der Waals surface area contributed by atoms with E-state index < -0.39 is 16.1 Å². The van der Waals surface area contributed by atoms with Crippen LogP contribution in [0.4, 0.5) is 5.69 Å². The number of anilines is 1. The van der Waals surface area contributed by atoms with Crippen molar-refractivity contribution in [1.82, 2.24) is 0 Å².